The Kier molecular flexibility index (Phi) is 6.61. The van der Waals surface area contributed by atoms with Gasteiger partial charge in [0.05, 0.1) is 24.4 Å². The van der Waals surface area contributed by atoms with Crippen molar-refractivity contribution in [2.24, 2.45) is 4.99 Å². The predicted molar refractivity (Wildman–Crippen MR) is 101 cm³/mol. The van der Waals surface area contributed by atoms with Crippen molar-refractivity contribution in [1.29, 1.82) is 0 Å². The van der Waals surface area contributed by atoms with Crippen LogP contribution in [0.3, 0.4) is 0 Å². The Morgan fingerprint density at radius 2 is 2.08 bits per heavy atom. The molecule has 0 saturated carbocycles. The van der Waals surface area contributed by atoms with Crippen LogP contribution in [-0.4, -0.2) is 36.5 Å². The topological polar surface area (TPSA) is 49.8 Å². The van der Waals surface area contributed by atoms with E-state index in [2.05, 4.69) is 28.2 Å². The van der Waals surface area contributed by atoms with Crippen LogP contribution in [0.25, 0.3) is 0 Å². The van der Waals surface area contributed by atoms with Crippen LogP contribution in [0.5, 0.6) is 5.75 Å². The van der Waals surface area contributed by atoms with E-state index in [9.17, 15) is 0 Å². The lowest BCUT2D eigenvalue weighted by Gasteiger charge is -2.23. The summed E-state index contributed by atoms with van der Waals surface area (Å²) in [5.74, 6) is 1.78. The van der Waals surface area contributed by atoms with Crippen LogP contribution in [0, 0.1) is 13.8 Å². The normalized spacial score (nSPS) is 11.5. The molecule has 1 aromatic heterocycles. The maximum atomic E-state index is 5.44. The van der Waals surface area contributed by atoms with Gasteiger partial charge in [-0.3, -0.25) is 0 Å². The number of hydrogen-bond donors (Lipinski definition) is 1. The van der Waals surface area contributed by atoms with Gasteiger partial charge in [-0.15, -0.1) is 11.3 Å². The Hall–Kier alpha value is -2.08. The van der Waals surface area contributed by atoms with Crippen molar-refractivity contribution in [2.75, 3.05) is 20.7 Å². The molecule has 0 aliphatic carbocycles. The lowest BCUT2D eigenvalue weighted by molar-refractivity contribution is 0.396. The van der Waals surface area contributed by atoms with E-state index in [0.29, 0.717) is 6.54 Å². The number of rotatable bonds is 6. The fraction of sp³-hybridized carbons (Fsp3) is 0.444. The van der Waals surface area contributed by atoms with Crippen molar-refractivity contribution < 1.29 is 4.74 Å². The number of nitrogens with zero attached hydrogens (tertiary/aromatic N) is 3. The SMILES string of the molecule is CCNC(=NCc1sc(C)nc1C)N(C)Cc1ccccc1OC. The van der Waals surface area contributed by atoms with Crippen molar-refractivity contribution in [2.45, 2.75) is 33.9 Å². The molecule has 1 heterocycles. The Labute approximate surface area is 148 Å². The second kappa shape index (κ2) is 8.68. The molecule has 1 N–H and O–H groups in total. The number of hydrogen-bond acceptors (Lipinski definition) is 4. The Morgan fingerprint density at radius 1 is 1.33 bits per heavy atom. The molecule has 2 aromatic rings. The number of guanidine groups is 1. The standard InChI is InChI=1S/C18H26N4OS/c1-6-19-18(20-11-17-13(2)21-14(3)24-17)22(4)12-15-9-7-8-10-16(15)23-5/h7-10H,6,11-12H2,1-5H3,(H,19,20). The van der Waals surface area contributed by atoms with Gasteiger partial charge in [0, 0.05) is 30.6 Å². The van der Waals surface area contributed by atoms with Crippen LogP contribution in [0.15, 0.2) is 29.3 Å². The van der Waals surface area contributed by atoms with E-state index < -0.39 is 0 Å². The molecule has 2 rings (SSSR count). The highest BCUT2D eigenvalue weighted by atomic mass is 32.1. The maximum Gasteiger partial charge on any atom is 0.194 e. The summed E-state index contributed by atoms with van der Waals surface area (Å²) in [7, 11) is 3.74. The highest BCUT2D eigenvalue weighted by Crippen LogP contribution is 2.20. The summed E-state index contributed by atoms with van der Waals surface area (Å²) in [4.78, 5) is 12.6. The van der Waals surface area contributed by atoms with Crippen molar-refractivity contribution in [3.63, 3.8) is 0 Å². The van der Waals surface area contributed by atoms with Gasteiger partial charge in [0.25, 0.3) is 0 Å². The number of aromatic nitrogens is 1. The zero-order chi connectivity index (χ0) is 17.5. The third-order valence-electron chi connectivity index (χ3n) is 3.67. The molecule has 0 unspecified atom stereocenters. The van der Waals surface area contributed by atoms with Gasteiger partial charge < -0.3 is 15.0 Å². The van der Waals surface area contributed by atoms with E-state index in [0.717, 1.165) is 41.1 Å². The lowest BCUT2D eigenvalue weighted by atomic mass is 10.2. The van der Waals surface area contributed by atoms with Crippen LogP contribution in [0.1, 0.15) is 28.1 Å². The zero-order valence-corrected chi connectivity index (χ0v) is 15.9. The van der Waals surface area contributed by atoms with Gasteiger partial charge in [-0.25, -0.2) is 9.98 Å². The molecular formula is C18H26N4OS. The zero-order valence-electron chi connectivity index (χ0n) is 15.1. The van der Waals surface area contributed by atoms with Gasteiger partial charge in [-0.05, 0) is 26.8 Å². The molecule has 0 radical (unpaired) electrons. The van der Waals surface area contributed by atoms with Gasteiger partial charge in [-0.2, -0.15) is 0 Å². The largest absolute Gasteiger partial charge is 0.496 e. The van der Waals surface area contributed by atoms with E-state index in [1.165, 1.54) is 4.88 Å². The minimum absolute atomic E-state index is 0.649. The van der Waals surface area contributed by atoms with E-state index in [-0.39, 0.29) is 0 Å². The molecule has 6 heteroatoms. The number of thiazole rings is 1. The van der Waals surface area contributed by atoms with Crippen LogP contribution >= 0.6 is 11.3 Å². The minimum Gasteiger partial charge on any atom is -0.496 e. The highest BCUT2D eigenvalue weighted by molar-refractivity contribution is 7.11. The molecule has 0 fully saturated rings. The Bertz CT molecular complexity index is 696. The first-order valence-corrected chi connectivity index (χ1v) is 8.91. The summed E-state index contributed by atoms with van der Waals surface area (Å²) in [6.07, 6.45) is 0. The molecule has 0 atom stereocenters. The lowest BCUT2D eigenvalue weighted by Crippen LogP contribution is -2.38. The molecule has 0 bridgehead atoms. The van der Waals surface area contributed by atoms with E-state index in [1.807, 2.05) is 39.1 Å². The molecule has 130 valence electrons. The summed E-state index contributed by atoms with van der Waals surface area (Å²) in [5, 5.41) is 4.44. The van der Waals surface area contributed by atoms with Crippen molar-refractivity contribution in [3.05, 3.63) is 45.4 Å². The first-order chi connectivity index (χ1) is 11.5. The Balaban J connectivity index is 2.13. The fourth-order valence-electron chi connectivity index (χ4n) is 2.50. The highest BCUT2D eigenvalue weighted by Gasteiger charge is 2.11. The van der Waals surface area contributed by atoms with E-state index >= 15 is 0 Å². The van der Waals surface area contributed by atoms with E-state index in [1.54, 1.807) is 18.4 Å². The molecule has 0 aliphatic rings. The van der Waals surface area contributed by atoms with Gasteiger partial charge in [0.15, 0.2) is 5.96 Å². The third-order valence-corrected chi connectivity index (χ3v) is 4.73. The quantitative estimate of drug-likeness (QED) is 0.644. The average Bonchev–Trinajstić information content (AvgIpc) is 2.89. The monoisotopic (exact) mass is 346 g/mol. The second-order valence-electron chi connectivity index (χ2n) is 5.58. The first kappa shape index (κ1) is 18.3. The summed E-state index contributed by atoms with van der Waals surface area (Å²) in [6, 6.07) is 8.07. The first-order valence-electron chi connectivity index (χ1n) is 8.09. The van der Waals surface area contributed by atoms with Crippen LogP contribution in [-0.2, 0) is 13.1 Å². The summed E-state index contributed by atoms with van der Waals surface area (Å²) in [6.45, 7) is 8.36. The van der Waals surface area contributed by atoms with Gasteiger partial charge in [-0.1, -0.05) is 18.2 Å². The molecule has 24 heavy (non-hydrogen) atoms. The number of benzene rings is 1. The number of methoxy groups -OCH3 is 1. The van der Waals surface area contributed by atoms with Crippen LogP contribution < -0.4 is 10.1 Å². The second-order valence-corrected chi connectivity index (χ2v) is 6.87. The summed E-state index contributed by atoms with van der Waals surface area (Å²) in [5.41, 5.74) is 2.21. The van der Waals surface area contributed by atoms with Crippen molar-refractivity contribution >= 4 is 17.3 Å². The third kappa shape index (κ3) is 4.71. The fourth-order valence-corrected chi connectivity index (χ4v) is 3.36. The minimum atomic E-state index is 0.649. The maximum absolute atomic E-state index is 5.44. The van der Waals surface area contributed by atoms with E-state index in [4.69, 9.17) is 9.73 Å². The molecule has 5 nitrogen and oxygen atoms in total. The number of nitrogens with one attached hydrogen (secondary N) is 1. The molecule has 0 aliphatic heterocycles. The average molecular weight is 347 g/mol. The molecular weight excluding hydrogens is 320 g/mol. The molecule has 0 amide bonds. The van der Waals surface area contributed by atoms with Crippen LogP contribution in [0.4, 0.5) is 0 Å². The summed E-state index contributed by atoms with van der Waals surface area (Å²) < 4.78 is 5.44. The van der Waals surface area contributed by atoms with Crippen molar-refractivity contribution in [3.8, 4) is 5.75 Å². The number of para-hydroxylation sites is 1. The molecule has 1 aromatic carbocycles. The molecule has 0 spiro atoms. The number of ether oxygens (including phenoxy) is 1. The van der Waals surface area contributed by atoms with Crippen molar-refractivity contribution in [1.82, 2.24) is 15.2 Å². The number of aliphatic imine (C=N–C) groups is 1. The van der Waals surface area contributed by atoms with Gasteiger partial charge in [0.2, 0.25) is 0 Å². The Morgan fingerprint density at radius 3 is 2.71 bits per heavy atom. The summed E-state index contributed by atoms with van der Waals surface area (Å²) >= 11 is 1.71. The number of aryl methyl sites for hydroxylation is 2. The van der Waals surface area contributed by atoms with Gasteiger partial charge >= 0.3 is 0 Å². The predicted octanol–water partition coefficient (Wildman–Crippen LogP) is 3.37. The van der Waals surface area contributed by atoms with Crippen LogP contribution in [0.2, 0.25) is 0 Å². The smallest absolute Gasteiger partial charge is 0.194 e. The van der Waals surface area contributed by atoms with Gasteiger partial charge in [0.1, 0.15) is 5.75 Å². The molecule has 0 saturated heterocycles.